The average molecular weight is 195 g/mol. The number of esters is 1. The summed E-state index contributed by atoms with van der Waals surface area (Å²) in [5.41, 5.74) is 0. The number of carbonyl (C=O) groups is 1. The van der Waals surface area contributed by atoms with Crippen LogP contribution < -0.4 is 0 Å². The normalized spacial score (nSPS) is 15.3. The van der Waals surface area contributed by atoms with Gasteiger partial charge >= 0.3 is 5.97 Å². The molecule has 0 saturated heterocycles. The zero-order valence-electron chi connectivity index (χ0n) is 7.42. The first-order valence-electron chi connectivity index (χ1n) is 3.95. The fraction of sp³-hybridized carbons (Fsp3) is 0.875. The van der Waals surface area contributed by atoms with E-state index in [9.17, 15) is 9.90 Å². The summed E-state index contributed by atoms with van der Waals surface area (Å²) >= 11 is 5.46. The lowest BCUT2D eigenvalue weighted by molar-refractivity contribution is -0.149. The van der Waals surface area contributed by atoms with Crippen molar-refractivity contribution >= 4 is 17.6 Å². The minimum atomic E-state index is -0.666. The molecule has 2 atom stereocenters. The smallest absolute Gasteiger partial charge is 0.311 e. The fourth-order valence-corrected chi connectivity index (χ4v) is 1.16. The Morgan fingerprint density at radius 1 is 1.67 bits per heavy atom. The number of aliphatic hydroxyl groups is 1. The summed E-state index contributed by atoms with van der Waals surface area (Å²) in [4.78, 5) is 11.0. The Morgan fingerprint density at radius 3 is 2.58 bits per heavy atom. The van der Waals surface area contributed by atoms with Crippen molar-refractivity contribution in [3.05, 3.63) is 0 Å². The monoisotopic (exact) mass is 194 g/mol. The van der Waals surface area contributed by atoms with Gasteiger partial charge in [0.25, 0.3) is 0 Å². The van der Waals surface area contributed by atoms with Gasteiger partial charge < -0.3 is 9.84 Å². The van der Waals surface area contributed by atoms with Crippen LogP contribution in [0.25, 0.3) is 0 Å². The molecule has 0 saturated carbocycles. The molecule has 0 aromatic rings. The molecule has 72 valence electrons. The molecule has 4 heteroatoms. The largest absolute Gasteiger partial charge is 0.469 e. The van der Waals surface area contributed by atoms with Gasteiger partial charge in [-0.25, -0.2) is 0 Å². The standard InChI is InChI=1S/C8H15ClO3/c1-6(10)7(4-3-5-9)8(11)12-2/h6-7,10H,3-5H2,1-2H3. The van der Waals surface area contributed by atoms with Crippen LogP contribution in [0, 0.1) is 5.92 Å². The quantitative estimate of drug-likeness (QED) is 0.528. The number of rotatable bonds is 5. The molecule has 0 bridgehead atoms. The summed E-state index contributed by atoms with van der Waals surface area (Å²) in [6.45, 7) is 1.58. The Balaban J connectivity index is 3.95. The maximum absolute atomic E-state index is 11.0. The summed E-state index contributed by atoms with van der Waals surface area (Å²) in [7, 11) is 1.32. The van der Waals surface area contributed by atoms with Gasteiger partial charge in [-0.1, -0.05) is 0 Å². The predicted molar refractivity (Wildman–Crippen MR) is 47.1 cm³/mol. The van der Waals surface area contributed by atoms with Gasteiger partial charge in [0, 0.05) is 5.88 Å². The zero-order chi connectivity index (χ0) is 9.56. The van der Waals surface area contributed by atoms with E-state index in [4.69, 9.17) is 11.6 Å². The highest BCUT2D eigenvalue weighted by Gasteiger charge is 2.23. The summed E-state index contributed by atoms with van der Waals surface area (Å²) < 4.78 is 4.53. The highest BCUT2D eigenvalue weighted by molar-refractivity contribution is 6.17. The molecule has 3 nitrogen and oxygen atoms in total. The number of hydrogen-bond acceptors (Lipinski definition) is 3. The number of alkyl halides is 1. The molecule has 2 unspecified atom stereocenters. The van der Waals surface area contributed by atoms with Crippen LogP contribution in [0.5, 0.6) is 0 Å². The maximum Gasteiger partial charge on any atom is 0.311 e. The molecular weight excluding hydrogens is 180 g/mol. The van der Waals surface area contributed by atoms with Crippen LogP contribution >= 0.6 is 11.6 Å². The highest BCUT2D eigenvalue weighted by atomic mass is 35.5. The third kappa shape index (κ3) is 3.93. The summed E-state index contributed by atoms with van der Waals surface area (Å²) in [5.74, 6) is -0.302. The number of ether oxygens (including phenoxy) is 1. The number of hydrogen-bond donors (Lipinski definition) is 1. The molecule has 0 amide bonds. The molecular formula is C8H15ClO3. The van der Waals surface area contributed by atoms with E-state index in [1.165, 1.54) is 7.11 Å². The van der Waals surface area contributed by atoms with Gasteiger partial charge in [-0.05, 0) is 19.8 Å². The molecule has 0 aliphatic heterocycles. The van der Waals surface area contributed by atoms with Gasteiger partial charge in [0.15, 0.2) is 0 Å². The fourth-order valence-electron chi connectivity index (χ4n) is 1.00. The van der Waals surface area contributed by atoms with E-state index in [0.29, 0.717) is 18.7 Å². The molecule has 0 radical (unpaired) electrons. The molecule has 0 aliphatic carbocycles. The van der Waals surface area contributed by atoms with E-state index in [0.717, 1.165) is 0 Å². The average Bonchev–Trinajstić information content (AvgIpc) is 2.04. The molecule has 0 aromatic carbocycles. The van der Waals surface area contributed by atoms with Crippen molar-refractivity contribution in [2.45, 2.75) is 25.9 Å². The molecule has 0 aliphatic rings. The summed E-state index contributed by atoms with van der Waals surface area (Å²) in [6.07, 6.45) is 0.626. The van der Waals surface area contributed by atoms with Crippen LogP contribution in [0.2, 0.25) is 0 Å². The molecule has 0 spiro atoms. The van der Waals surface area contributed by atoms with E-state index in [1.54, 1.807) is 6.92 Å². The minimum Gasteiger partial charge on any atom is -0.469 e. The molecule has 0 aromatic heterocycles. The predicted octanol–water partition coefficient (Wildman–Crippen LogP) is 1.18. The van der Waals surface area contributed by atoms with Crippen molar-refractivity contribution in [2.75, 3.05) is 13.0 Å². The van der Waals surface area contributed by atoms with Gasteiger partial charge in [0.05, 0.1) is 19.1 Å². The molecule has 0 rings (SSSR count). The Labute approximate surface area is 77.7 Å². The van der Waals surface area contributed by atoms with Crippen LogP contribution in [-0.2, 0) is 9.53 Å². The number of methoxy groups -OCH3 is 1. The minimum absolute atomic E-state index is 0.366. The number of aliphatic hydroxyl groups excluding tert-OH is 1. The Hall–Kier alpha value is -0.280. The first-order chi connectivity index (χ1) is 5.63. The summed E-state index contributed by atoms with van der Waals surface area (Å²) in [5, 5.41) is 9.20. The van der Waals surface area contributed by atoms with Gasteiger partial charge in [-0.15, -0.1) is 11.6 Å². The second kappa shape index (κ2) is 6.26. The van der Waals surface area contributed by atoms with Crippen LogP contribution in [-0.4, -0.2) is 30.2 Å². The van der Waals surface area contributed by atoms with E-state index in [-0.39, 0.29) is 5.97 Å². The SMILES string of the molecule is COC(=O)C(CCCCl)C(C)O. The van der Waals surface area contributed by atoms with Crippen molar-refractivity contribution in [2.24, 2.45) is 5.92 Å². The van der Waals surface area contributed by atoms with Crippen molar-refractivity contribution in [3.8, 4) is 0 Å². The third-order valence-corrected chi connectivity index (χ3v) is 2.00. The lowest BCUT2D eigenvalue weighted by Crippen LogP contribution is -2.27. The first-order valence-corrected chi connectivity index (χ1v) is 4.48. The molecule has 12 heavy (non-hydrogen) atoms. The topological polar surface area (TPSA) is 46.5 Å². The van der Waals surface area contributed by atoms with Crippen LogP contribution in [0.15, 0.2) is 0 Å². The van der Waals surface area contributed by atoms with Gasteiger partial charge in [-0.2, -0.15) is 0 Å². The lowest BCUT2D eigenvalue weighted by Gasteiger charge is -2.16. The van der Waals surface area contributed by atoms with E-state index < -0.39 is 12.0 Å². The Bertz CT molecular complexity index is 136. The highest BCUT2D eigenvalue weighted by Crippen LogP contribution is 2.13. The Morgan fingerprint density at radius 2 is 2.25 bits per heavy atom. The van der Waals surface area contributed by atoms with Gasteiger partial charge in [0.2, 0.25) is 0 Å². The van der Waals surface area contributed by atoms with Crippen molar-refractivity contribution in [1.29, 1.82) is 0 Å². The molecule has 0 fully saturated rings. The van der Waals surface area contributed by atoms with Gasteiger partial charge in [0.1, 0.15) is 0 Å². The lowest BCUT2D eigenvalue weighted by atomic mass is 9.98. The van der Waals surface area contributed by atoms with Crippen molar-refractivity contribution < 1.29 is 14.6 Å². The van der Waals surface area contributed by atoms with Crippen LogP contribution in [0.4, 0.5) is 0 Å². The molecule has 1 N–H and O–H groups in total. The van der Waals surface area contributed by atoms with E-state index >= 15 is 0 Å². The third-order valence-electron chi connectivity index (χ3n) is 1.74. The number of halogens is 1. The van der Waals surface area contributed by atoms with Crippen LogP contribution in [0.3, 0.4) is 0 Å². The second-order valence-corrected chi connectivity index (χ2v) is 3.08. The Kier molecular flexibility index (Phi) is 6.11. The number of carbonyl (C=O) groups excluding carboxylic acids is 1. The van der Waals surface area contributed by atoms with Crippen LogP contribution in [0.1, 0.15) is 19.8 Å². The maximum atomic E-state index is 11.0. The van der Waals surface area contributed by atoms with Crippen molar-refractivity contribution in [1.82, 2.24) is 0 Å². The van der Waals surface area contributed by atoms with Gasteiger partial charge in [-0.3, -0.25) is 4.79 Å². The zero-order valence-corrected chi connectivity index (χ0v) is 8.17. The van der Waals surface area contributed by atoms with E-state index in [1.807, 2.05) is 0 Å². The summed E-state index contributed by atoms with van der Waals surface area (Å²) in [6, 6.07) is 0. The second-order valence-electron chi connectivity index (χ2n) is 2.70. The molecule has 0 heterocycles. The first kappa shape index (κ1) is 11.7. The van der Waals surface area contributed by atoms with E-state index in [2.05, 4.69) is 4.74 Å². The van der Waals surface area contributed by atoms with Crippen molar-refractivity contribution in [3.63, 3.8) is 0 Å².